The molecule has 3 aliphatic rings. The Kier molecular flexibility index (Phi) is 3.90. The molecule has 2 aliphatic heterocycles. The van der Waals surface area contributed by atoms with E-state index in [-0.39, 0.29) is 17.2 Å². The van der Waals surface area contributed by atoms with Crippen molar-refractivity contribution in [3.8, 4) is 0 Å². The maximum absolute atomic E-state index is 13.1. The summed E-state index contributed by atoms with van der Waals surface area (Å²) >= 11 is 0. The van der Waals surface area contributed by atoms with Crippen molar-refractivity contribution >= 4 is 5.91 Å². The molecule has 1 amide bonds. The first-order valence-corrected chi connectivity index (χ1v) is 9.16. The minimum atomic E-state index is -2.68. The Labute approximate surface area is 147 Å². The highest BCUT2D eigenvalue weighted by Gasteiger charge is 2.55. The van der Waals surface area contributed by atoms with Gasteiger partial charge in [0.2, 0.25) is 5.91 Å². The molecule has 1 spiro atoms. The molecule has 0 N–H and O–H groups in total. The van der Waals surface area contributed by atoms with Gasteiger partial charge < -0.3 is 4.90 Å². The number of aryl methyl sites for hydroxylation is 2. The number of carbonyl (C=O) groups is 1. The van der Waals surface area contributed by atoms with Crippen molar-refractivity contribution in [3.63, 3.8) is 0 Å². The number of amides is 1. The van der Waals surface area contributed by atoms with Gasteiger partial charge in [-0.15, -0.1) is 0 Å². The third-order valence-corrected chi connectivity index (χ3v) is 6.33. The molecular formula is C18H26F2N4O. The Morgan fingerprint density at radius 3 is 2.72 bits per heavy atom. The summed E-state index contributed by atoms with van der Waals surface area (Å²) in [4.78, 5) is 16.5. The molecule has 3 heterocycles. The number of hydrogen-bond acceptors (Lipinski definition) is 3. The zero-order chi connectivity index (χ0) is 17.8. The van der Waals surface area contributed by atoms with Gasteiger partial charge in [-0.25, -0.2) is 8.78 Å². The Hall–Kier alpha value is -1.50. The predicted molar refractivity (Wildman–Crippen MR) is 89.1 cm³/mol. The van der Waals surface area contributed by atoms with Crippen LogP contribution in [0.5, 0.6) is 0 Å². The molecule has 1 aliphatic carbocycles. The van der Waals surface area contributed by atoms with E-state index in [9.17, 15) is 13.6 Å². The number of carbonyl (C=O) groups excluding carboxylic acids is 1. The fourth-order valence-corrected chi connectivity index (χ4v) is 5.06. The number of halogens is 2. The summed E-state index contributed by atoms with van der Waals surface area (Å²) in [7, 11) is 1.93. The number of aromatic nitrogens is 2. The van der Waals surface area contributed by atoms with Crippen molar-refractivity contribution in [1.29, 1.82) is 0 Å². The molecule has 138 valence electrons. The summed E-state index contributed by atoms with van der Waals surface area (Å²) in [6.07, 6.45) is 5.96. The van der Waals surface area contributed by atoms with Gasteiger partial charge in [-0.05, 0) is 38.1 Å². The Bertz CT molecular complexity index is 681. The van der Waals surface area contributed by atoms with E-state index in [0.717, 1.165) is 51.0 Å². The van der Waals surface area contributed by atoms with Crippen LogP contribution in [-0.4, -0.2) is 57.6 Å². The van der Waals surface area contributed by atoms with Gasteiger partial charge in [-0.3, -0.25) is 14.4 Å². The van der Waals surface area contributed by atoms with Crippen LogP contribution in [0.4, 0.5) is 8.78 Å². The predicted octanol–water partition coefficient (Wildman–Crippen LogP) is 2.20. The second-order valence-electron chi connectivity index (χ2n) is 8.23. The number of alkyl halides is 2. The standard InChI is InChI=1S/C18H26F2N4O/c1-13-14(8-22(2)21-13)9-23-7-6-17(10-23)5-3-4-15(17)16(25)24-11-18(19,20)12-24/h8,15H,3-7,9-12H2,1-2H3/t15-,17-/m1/s1. The lowest BCUT2D eigenvalue weighted by Crippen LogP contribution is -2.60. The number of hydrogen-bond donors (Lipinski definition) is 0. The lowest BCUT2D eigenvalue weighted by Gasteiger charge is -2.42. The van der Waals surface area contributed by atoms with E-state index >= 15 is 0 Å². The minimum Gasteiger partial charge on any atom is -0.330 e. The summed E-state index contributed by atoms with van der Waals surface area (Å²) in [6, 6.07) is 0. The molecule has 25 heavy (non-hydrogen) atoms. The van der Waals surface area contributed by atoms with Crippen LogP contribution in [0.1, 0.15) is 36.9 Å². The normalized spacial score (nSPS) is 31.7. The molecule has 2 atom stereocenters. The van der Waals surface area contributed by atoms with Gasteiger partial charge in [-0.1, -0.05) is 6.42 Å². The molecule has 0 aromatic carbocycles. The highest BCUT2D eigenvalue weighted by molar-refractivity contribution is 5.81. The summed E-state index contributed by atoms with van der Waals surface area (Å²) in [5, 5.41) is 4.40. The van der Waals surface area contributed by atoms with Crippen LogP contribution in [0, 0.1) is 18.3 Å². The zero-order valence-corrected chi connectivity index (χ0v) is 15.0. The highest BCUT2D eigenvalue weighted by Crippen LogP contribution is 2.51. The van der Waals surface area contributed by atoms with Gasteiger partial charge in [0, 0.05) is 37.8 Å². The second-order valence-corrected chi connectivity index (χ2v) is 8.23. The van der Waals surface area contributed by atoms with Crippen molar-refractivity contribution in [2.45, 2.75) is 45.1 Å². The molecule has 1 saturated carbocycles. The van der Waals surface area contributed by atoms with Gasteiger partial charge in [-0.2, -0.15) is 5.10 Å². The number of nitrogens with zero attached hydrogens (tertiary/aromatic N) is 4. The van der Waals surface area contributed by atoms with E-state index in [1.165, 1.54) is 10.5 Å². The van der Waals surface area contributed by atoms with Crippen molar-refractivity contribution in [3.05, 3.63) is 17.5 Å². The Balaban J connectivity index is 1.43. The summed E-state index contributed by atoms with van der Waals surface area (Å²) in [6.45, 7) is 3.95. The molecule has 4 rings (SSSR count). The molecule has 1 aromatic rings. The highest BCUT2D eigenvalue weighted by atomic mass is 19.3. The third-order valence-electron chi connectivity index (χ3n) is 6.33. The van der Waals surface area contributed by atoms with Gasteiger partial charge in [0.25, 0.3) is 5.92 Å². The fourth-order valence-electron chi connectivity index (χ4n) is 5.06. The van der Waals surface area contributed by atoms with E-state index < -0.39 is 19.0 Å². The van der Waals surface area contributed by atoms with Crippen LogP contribution >= 0.6 is 0 Å². The van der Waals surface area contributed by atoms with E-state index in [2.05, 4.69) is 16.2 Å². The Morgan fingerprint density at radius 1 is 1.32 bits per heavy atom. The molecule has 0 radical (unpaired) electrons. The van der Waals surface area contributed by atoms with Gasteiger partial charge >= 0.3 is 0 Å². The average Bonchev–Trinajstić information content (AvgIpc) is 3.18. The summed E-state index contributed by atoms with van der Waals surface area (Å²) in [5.74, 6) is -2.80. The SMILES string of the molecule is Cc1nn(C)cc1CN1CC[C@]2(CCC[C@@H]2C(=O)N2CC(F)(F)C2)C1. The molecule has 2 saturated heterocycles. The second kappa shape index (κ2) is 5.76. The molecule has 1 aromatic heterocycles. The molecule has 7 heteroatoms. The first-order chi connectivity index (χ1) is 11.8. The van der Waals surface area contributed by atoms with Crippen LogP contribution in [-0.2, 0) is 18.4 Å². The lowest BCUT2D eigenvalue weighted by molar-refractivity contribution is -0.172. The van der Waals surface area contributed by atoms with Crippen LogP contribution in [0.2, 0.25) is 0 Å². The third kappa shape index (κ3) is 2.96. The average molecular weight is 352 g/mol. The van der Waals surface area contributed by atoms with Gasteiger partial charge in [0.15, 0.2) is 0 Å². The van der Waals surface area contributed by atoms with Crippen molar-refractivity contribution in [1.82, 2.24) is 19.6 Å². The fraction of sp³-hybridized carbons (Fsp3) is 0.778. The monoisotopic (exact) mass is 352 g/mol. The maximum atomic E-state index is 13.1. The molecule has 0 unspecified atom stereocenters. The van der Waals surface area contributed by atoms with Crippen LogP contribution in [0.25, 0.3) is 0 Å². The van der Waals surface area contributed by atoms with E-state index in [1.807, 2.05) is 18.7 Å². The first kappa shape index (κ1) is 16.9. The molecular weight excluding hydrogens is 326 g/mol. The topological polar surface area (TPSA) is 41.4 Å². The van der Waals surface area contributed by atoms with Crippen molar-refractivity contribution in [2.24, 2.45) is 18.4 Å². The quantitative estimate of drug-likeness (QED) is 0.837. The largest absolute Gasteiger partial charge is 0.330 e. The molecule has 5 nitrogen and oxygen atoms in total. The van der Waals surface area contributed by atoms with Crippen molar-refractivity contribution in [2.75, 3.05) is 26.2 Å². The molecule has 0 bridgehead atoms. The van der Waals surface area contributed by atoms with Crippen LogP contribution < -0.4 is 0 Å². The van der Waals surface area contributed by atoms with Crippen LogP contribution in [0.15, 0.2) is 6.20 Å². The summed E-state index contributed by atoms with van der Waals surface area (Å²) in [5.41, 5.74) is 2.26. The van der Waals surface area contributed by atoms with Crippen molar-refractivity contribution < 1.29 is 13.6 Å². The van der Waals surface area contributed by atoms with E-state index in [1.54, 1.807) is 0 Å². The molecule has 3 fully saturated rings. The van der Waals surface area contributed by atoms with Crippen LogP contribution in [0.3, 0.4) is 0 Å². The minimum absolute atomic E-state index is 0.0158. The van der Waals surface area contributed by atoms with Gasteiger partial charge in [0.05, 0.1) is 18.8 Å². The number of rotatable bonds is 3. The maximum Gasteiger partial charge on any atom is 0.282 e. The van der Waals surface area contributed by atoms with E-state index in [0.29, 0.717) is 0 Å². The zero-order valence-electron chi connectivity index (χ0n) is 15.0. The smallest absolute Gasteiger partial charge is 0.282 e. The van der Waals surface area contributed by atoms with Gasteiger partial charge in [0.1, 0.15) is 0 Å². The first-order valence-electron chi connectivity index (χ1n) is 9.16. The van der Waals surface area contributed by atoms with E-state index in [4.69, 9.17) is 0 Å². The summed E-state index contributed by atoms with van der Waals surface area (Å²) < 4.78 is 28.1. The number of likely N-dealkylation sites (tertiary alicyclic amines) is 2. The Morgan fingerprint density at radius 2 is 2.08 bits per heavy atom. The lowest BCUT2D eigenvalue weighted by atomic mass is 9.76.